The van der Waals surface area contributed by atoms with Gasteiger partial charge < -0.3 is 11.1 Å². The summed E-state index contributed by atoms with van der Waals surface area (Å²) in [6.07, 6.45) is 17.3. The lowest BCUT2D eigenvalue weighted by Gasteiger charge is -2.24. The summed E-state index contributed by atoms with van der Waals surface area (Å²) in [5.41, 5.74) is 13.9. The second-order valence-corrected chi connectivity index (χ2v) is 10.3. The number of rotatable bonds is 7. The number of anilines is 1. The Morgan fingerprint density at radius 2 is 1.92 bits per heavy atom. The summed E-state index contributed by atoms with van der Waals surface area (Å²) in [5.74, 6) is 1.61. The molecule has 0 heterocycles. The van der Waals surface area contributed by atoms with Gasteiger partial charge in [-0.15, -0.1) is 0 Å². The Bertz CT molecular complexity index is 1230. The summed E-state index contributed by atoms with van der Waals surface area (Å²) in [5, 5.41) is 4.23. The molecule has 3 unspecified atom stereocenters. The van der Waals surface area contributed by atoms with Crippen LogP contribution in [0.5, 0.6) is 0 Å². The molecule has 3 rings (SSSR count). The third kappa shape index (κ3) is 6.72. The molecule has 0 saturated heterocycles. The topological polar surface area (TPSA) is 50.4 Å². The van der Waals surface area contributed by atoms with Gasteiger partial charge in [0.05, 0.1) is 10.7 Å². The Labute approximate surface area is 228 Å². The number of nitrogens with two attached hydrogens (primary N) is 1. The van der Waals surface area contributed by atoms with Gasteiger partial charge in [-0.3, -0.25) is 0 Å². The number of nitrogens with one attached hydrogen (secondary N) is 1. The molecule has 2 aliphatic rings. The van der Waals surface area contributed by atoms with E-state index >= 15 is 0 Å². The molecule has 1 aromatic rings. The van der Waals surface area contributed by atoms with E-state index in [2.05, 4.69) is 83.1 Å². The second-order valence-electron chi connectivity index (χ2n) is 9.92. The molecule has 0 bridgehead atoms. The van der Waals surface area contributed by atoms with E-state index in [1.807, 2.05) is 30.4 Å². The van der Waals surface area contributed by atoms with Crippen molar-refractivity contribution in [1.29, 1.82) is 0 Å². The molecule has 0 amide bonds. The minimum absolute atomic E-state index is 0.115. The predicted octanol–water partition coefficient (Wildman–Crippen LogP) is 8.97. The summed E-state index contributed by atoms with van der Waals surface area (Å²) in [4.78, 5) is 5.24. The Morgan fingerprint density at radius 1 is 1.16 bits per heavy atom. The van der Waals surface area contributed by atoms with Crippen LogP contribution in [0.3, 0.4) is 0 Å². The average Bonchev–Trinajstić information content (AvgIpc) is 2.94. The van der Waals surface area contributed by atoms with Gasteiger partial charge >= 0.3 is 0 Å². The molecule has 0 aliphatic heterocycles. The van der Waals surface area contributed by atoms with Crippen LogP contribution < -0.4 is 11.1 Å². The van der Waals surface area contributed by atoms with Gasteiger partial charge in [0, 0.05) is 29.3 Å². The maximum absolute atomic E-state index is 6.62. The smallest absolute Gasteiger partial charge is 0.106 e. The van der Waals surface area contributed by atoms with Gasteiger partial charge in [-0.05, 0) is 71.3 Å². The van der Waals surface area contributed by atoms with Crippen molar-refractivity contribution in [3.8, 4) is 0 Å². The van der Waals surface area contributed by atoms with Crippen molar-refractivity contribution in [3.05, 3.63) is 119 Å². The van der Waals surface area contributed by atoms with Crippen molar-refractivity contribution in [2.24, 2.45) is 22.7 Å². The fraction of sp³-hybridized carbons (Fsp3) is 0.303. The molecule has 1 aromatic carbocycles. The fourth-order valence-corrected chi connectivity index (χ4v) is 4.98. The molecule has 3 N–H and O–H groups in total. The van der Waals surface area contributed by atoms with Crippen molar-refractivity contribution < 1.29 is 0 Å². The van der Waals surface area contributed by atoms with E-state index in [-0.39, 0.29) is 11.8 Å². The SMILES string of the molecule is C=CC1=CC(C)C/C=C(NC(CCC)=NC2=C(C=C)C=C(c3c(N)cccc3Cl)C(=C)C(C)C2C)/C=C\1. The molecule has 0 radical (unpaired) electrons. The van der Waals surface area contributed by atoms with Crippen LogP contribution in [-0.4, -0.2) is 5.84 Å². The summed E-state index contributed by atoms with van der Waals surface area (Å²) in [6.45, 7) is 21.3. The summed E-state index contributed by atoms with van der Waals surface area (Å²) >= 11 is 6.62. The number of hydrogen-bond donors (Lipinski definition) is 2. The van der Waals surface area contributed by atoms with Crippen molar-refractivity contribution in [3.63, 3.8) is 0 Å². The van der Waals surface area contributed by atoms with Gasteiger partial charge in [0.25, 0.3) is 0 Å². The van der Waals surface area contributed by atoms with Gasteiger partial charge in [0.15, 0.2) is 0 Å². The van der Waals surface area contributed by atoms with Crippen molar-refractivity contribution in [2.75, 3.05) is 5.73 Å². The first kappa shape index (κ1) is 28.3. The largest absolute Gasteiger partial charge is 0.398 e. The molecule has 0 spiro atoms. The van der Waals surface area contributed by atoms with E-state index < -0.39 is 0 Å². The molecule has 37 heavy (non-hydrogen) atoms. The second kappa shape index (κ2) is 12.8. The van der Waals surface area contributed by atoms with Crippen LogP contribution in [0.15, 0.2) is 114 Å². The van der Waals surface area contributed by atoms with Gasteiger partial charge in [-0.25, -0.2) is 4.99 Å². The Morgan fingerprint density at radius 3 is 2.57 bits per heavy atom. The number of benzene rings is 1. The molecule has 3 nitrogen and oxygen atoms in total. The first-order chi connectivity index (χ1) is 17.7. The maximum atomic E-state index is 6.62. The van der Waals surface area contributed by atoms with Crippen molar-refractivity contribution in [1.82, 2.24) is 5.32 Å². The lowest BCUT2D eigenvalue weighted by atomic mass is 9.83. The highest BCUT2D eigenvalue weighted by atomic mass is 35.5. The highest BCUT2D eigenvalue weighted by Crippen LogP contribution is 2.43. The van der Waals surface area contributed by atoms with Crippen LogP contribution in [0.1, 0.15) is 52.5 Å². The lowest BCUT2D eigenvalue weighted by molar-refractivity contribution is 0.512. The number of aliphatic imine (C=N–C) groups is 1. The number of allylic oxidation sites excluding steroid dienone is 12. The van der Waals surface area contributed by atoms with E-state index in [9.17, 15) is 0 Å². The number of halogens is 1. The van der Waals surface area contributed by atoms with Crippen LogP contribution >= 0.6 is 11.6 Å². The van der Waals surface area contributed by atoms with Crippen molar-refractivity contribution >= 4 is 28.7 Å². The zero-order valence-electron chi connectivity index (χ0n) is 22.7. The normalized spacial score (nSPS) is 25.1. The number of nitrogen functional groups attached to an aromatic ring is 1. The van der Waals surface area contributed by atoms with E-state index in [0.29, 0.717) is 16.6 Å². The molecule has 0 fully saturated rings. The van der Waals surface area contributed by atoms with Crippen LogP contribution in [0.25, 0.3) is 5.57 Å². The van der Waals surface area contributed by atoms with Crippen LogP contribution in [0.2, 0.25) is 5.02 Å². The molecule has 3 atom stereocenters. The Balaban J connectivity index is 2.11. The van der Waals surface area contributed by atoms with Gasteiger partial charge in [-0.2, -0.15) is 0 Å². The van der Waals surface area contributed by atoms with Gasteiger partial charge in [0.2, 0.25) is 0 Å². The number of hydrogen-bond acceptors (Lipinski definition) is 2. The minimum Gasteiger partial charge on any atom is -0.398 e. The molecule has 2 aliphatic carbocycles. The van der Waals surface area contributed by atoms with E-state index in [1.54, 1.807) is 0 Å². The molecule has 4 heteroatoms. The van der Waals surface area contributed by atoms with E-state index in [1.165, 1.54) is 0 Å². The highest BCUT2D eigenvalue weighted by molar-refractivity contribution is 6.33. The molecule has 0 saturated carbocycles. The molecular weight excluding hydrogens is 474 g/mol. The predicted molar refractivity (Wildman–Crippen MR) is 163 cm³/mol. The van der Waals surface area contributed by atoms with Crippen LogP contribution in [-0.2, 0) is 0 Å². The summed E-state index contributed by atoms with van der Waals surface area (Å²) in [7, 11) is 0. The standard InChI is InChI=1S/C33H40ClN3/c1-8-12-31(36-27-17-15-21(4)19-25(9-2)16-18-27)37-33-24(7)22(5)23(6)28(20-26(33)10-3)32-29(34)13-11-14-30(32)35/h9-11,13-14,16-22,24H,2-3,6,8,12,15,35H2,1,4-5,7H3,(H,36,37)/b18-16-,25-19?,27-17-. The minimum atomic E-state index is 0.115. The summed E-state index contributed by atoms with van der Waals surface area (Å²) < 4.78 is 0. The lowest BCUT2D eigenvalue weighted by Crippen LogP contribution is -2.24. The maximum Gasteiger partial charge on any atom is 0.106 e. The molecule has 194 valence electrons. The zero-order valence-corrected chi connectivity index (χ0v) is 23.4. The third-order valence-electron chi connectivity index (χ3n) is 7.12. The quantitative estimate of drug-likeness (QED) is 0.217. The third-order valence-corrected chi connectivity index (χ3v) is 7.43. The highest BCUT2D eigenvalue weighted by Gasteiger charge is 2.28. The monoisotopic (exact) mass is 513 g/mol. The van der Waals surface area contributed by atoms with Crippen LogP contribution in [0.4, 0.5) is 5.69 Å². The first-order valence-corrected chi connectivity index (χ1v) is 13.5. The van der Waals surface area contributed by atoms with Crippen LogP contribution in [0, 0.1) is 17.8 Å². The van der Waals surface area contributed by atoms with Gasteiger partial charge in [-0.1, -0.05) is 95.5 Å². The van der Waals surface area contributed by atoms with E-state index in [4.69, 9.17) is 22.3 Å². The molecular formula is C33H40ClN3. The molecule has 0 aromatic heterocycles. The van der Waals surface area contributed by atoms with E-state index in [0.717, 1.165) is 64.3 Å². The summed E-state index contributed by atoms with van der Waals surface area (Å²) in [6, 6.07) is 5.60. The van der Waals surface area contributed by atoms with Crippen molar-refractivity contribution in [2.45, 2.75) is 47.0 Å². The average molecular weight is 514 g/mol. The van der Waals surface area contributed by atoms with Gasteiger partial charge in [0.1, 0.15) is 5.84 Å². The number of nitrogens with zero attached hydrogens (tertiary/aromatic N) is 1. The Hall–Kier alpha value is -3.30. The number of amidine groups is 1. The zero-order chi connectivity index (χ0) is 27.1. The first-order valence-electron chi connectivity index (χ1n) is 13.1. The fourth-order valence-electron chi connectivity index (χ4n) is 4.70. The Kier molecular flexibility index (Phi) is 9.77.